The van der Waals surface area contributed by atoms with E-state index in [4.69, 9.17) is 5.14 Å². The van der Waals surface area contributed by atoms with Gasteiger partial charge in [0.1, 0.15) is 0 Å². The van der Waals surface area contributed by atoms with E-state index in [9.17, 15) is 8.42 Å². The van der Waals surface area contributed by atoms with Crippen molar-refractivity contribution in [1.82, 2.24) is 0 Å². The van der Waals surface area contributed by atoms with Gasteiger partial charge in [0.05, 0.1) is 5.75 Å². The van der Waals surface area contributed by atoms with Crippen LogP contribution in [0, 0.1) is 17.8 Å². The Morgan fingerprint density at radius 1 is 1.17 bits per heavy atom. The second-order valence-electron chi connectivity index (χ2n) is 4.26. The molecule has 0 bridgehead atoms. The van der Waals surface area contributed by atoms with Gasteiger partial charge >= 0.3 is 0 Å². The SMILES string of the molecule is NS(=O)(=O)CC1C[C@H]2CC[C@H]2C1. The monoisotopic (exact) mass is 189 g/mol. The molecule has 0 amide bonds. The van der Waals surface area contributed by atoms with E-state index in [0.717, 1.165) is 24.7 Å². The molecule has 1 unspecified atom stereocenters. The Labute approximate surface area is 73.4 Å². The fourth-order valence-corrected chi connectivity index (χ4v) is 3.61. The number of fused-ring (bicyclic) bond motifs is 1. The second kappa shape index (κ2) is 2.70. The van der Waals surface area contributed by atoms with E-state index in [2.05, 4.69) is 0 Å². The van der Waals surface area contributed by atoms with Crippen LogP contribution in [0.5, 0.6) is 0 Å². The van der Waals surface area contributed by atoms with Crippen molar-refractivity contribution >= 4 is 10.0 Å². The largest absolute Gasteiger partial charge is 0.229 e. The molecule has 3 atom stereocenters. The van der Waals surface area contributed by atoms with Gasteiger partial charge in [0.15, 0.2) is 0 Å². The molecule has 3 nitrogen and oxygen atoms in total. The first-order chi connectivity index (χ1) is 5.54. The molecule has 0 aromatic rings. The van der Waals surface area contributed by atoms with Crippen LogP contribution in [0.2, 0.25) is 0 Å². The molecule has 2 aliphatic carbocycles. The van der Waals surface area contributed by atoms with E-state index in [1.807, 2.05) is 0 Å². The highest BCUT2D eigenvalue weighted by Gasteiger charge is 2.40. The summed E-state index contributed by atoms with van der Waals surface area (Å²) in [6.45, 7) is 0. The molecule has 0 aromatic carbocycles. The van der Waals surface area contributed by atoms with Crippen LogP contribution in [-0.4, -0.2) is 14.2 Å². The smallest absolute Gasteiger partial charge is 0.209 e. The molecule has 2 rings (SSSR count). The lowest BCUT2D eigenvalue weighted by atomic mass is 9.77. The van der Waals surface area contributed by atoms with Gasteiger partial charge in [0.25, 0.3) is 0 Å². The van der Waals surface area contributed by atoms with Crippen LogP contribution in [0.1, 0.15) is 25.7 Å². The molecule has 2 N–H and O–H groups in total. The molecule has 2 aliphatic rings. The van der Waals surface area contributed by atoms with Crippen LogP contribution in [0.25, 0.3) is 0 Å². The number of sulfonamides is 1. The molecule has 2 fully saturated rings. The molecule has 12 heavy (non-hydrogen) atoms. The first-order valence-electron chi connectivity index (χ1n) is 4.55. The lowest BCUT2D eigenvalue weighted by Crippen LogP contribution is -2.21. The summed E-state index contributed by atoms with van der Waals surface area (Å²) in [5.41, 5.74) is 0. The molecular weight excluding hydrogens is 174 g/mol. The van der Waals surface area contributed by atoms with Gasteiger partial charge in [-0.05, 0) is 43.4 Å². The first kappa shape index (κ1) is 8.51. The summed E-state index contributed by atoms with van der Waals surface area (Å²) in [5, 5.41) is 5.00. The van der Waals surface area contributed by atoms with Gasteiger partial charge < -0.3 is 0 Å². The number of nitrogens with two attached hydrogens (primary N) is 1. The van der Waals surface area contributed by atoms with Crippen molar-refractivity contribution in [2.24, 2.45) is 22.9 Å². The molecule has 4 heteroatoms. The Morgan fingerprint density at radius 2 is 1.67 bits per heavy atom. The summed E-state index contributed by atoms with van der Waals surface area (Å²) in [6.07, 6.45) is 4.82. The molecular formula is C8H15NO2S. The number of hydrogen-bond acceptors (Lipinski definition) is 2. The highest BCUT2D eigenvalue weighted by Crippen LogP contribution is 2.49. The molecule has 0 saturated heterocycles. The van der Waals surface area contributed by atoms with Gasteiger partial charge in [-0.3, -0.25) is 0 Å². The quantitative estimate of drug-likeness (QED) is 0.695. The normalized spacial score (nSPS) is 40.6. The lowest BCUT2D eigenvalue weighted by Gasteiger charge is -2.29. The molecule has 0 spiro atoms. The minimum Gasteiger partial charge on any atom is -0.229 e. The van der Waals surface area contributed by atoms with Crippen LogP contribution in [-0.2, 0) is 10.0 Å². The zero-order valence-electron chi connectivity index (χ0n) is 7.07. The van der Waals surface area contributed by atoms with Crippen LogP contribution in [0.4, 0.5) is 0 Å². The summed E-state index contributed by atoms with van der Waals surface area (Å²) in [6, 6.07) is 0. The van der Waals surface area contributed by atoms with Crippen LogP contribution >= 0.6 is 0 Å². The molecule has 0 heterocycles. The van der Waals surface area contributed by atoms with Crippen molar-refractivity contribution in [3.05, 3.63) is 0 Å². The minimum absolute atomic E-state index is 0.208. The van der Waals surface area contributed by atoms with E-state index in [0.29, 0.717) is 5.92 Å². The van der Waals surface area contributed by atoms with E-state index >= 15 is 0 Å². The summed E-state index contributed by atoms with van der Waals surface area (Å²) >= 11 is 0. The second-order valence-corrected chi connectivity index (χ2v) is 5.92. The summed E-state index contributed by atoms with van der Waals surface area (Å²) in [5.74, 6) is 2.23. The Hall–Kier alpha value is -0.0900. The van der Waals surface area contributed by atoms with Crippen molar-refractivity contribution in [2.45, 2.75) is 25.7 Å². The third-order valence-corrected chi connectivity index (χ3v) is 4.25. The molecule has 2 saturated carbocycles. The van der Waals surface area contributed by atoms with Crippen LogP contribution in [0.3, 0.4) is 0 Å². The topological polar surface area (TPSA) is 60.2 Å². The zero-order valence-corrected chi connectivity index (χ0v) is 7.89. The van der Waals surface area contributed by atoms with Gasteiger partial charge in [-0.15, -0.1) is 0 Å². The van der Waals surface area contributed by atoms with Crippen molar-refractivity contribution in [2.75, 3.05) is 5.75 Å². The third-order valence-electron chi connectivity index (χ3n) is 3.32. The molecule has 0 aliphatic heterocycles. The lowest BCUT2D eigenvalue weighted by molar-refractivity contribution is 0.219. The van der Waals surface area contributed by atoms with Crippen LogP contribution in [0.15, 0.2) is 0 Å². The molecule has 0 aromatic heterocycles. The summed E-state index contributed by atoms with van der Waals surface area (Å²) in [4.78, 5) is 0. The van der Waals surface area contributed by atoms with Gasteiger partial charge in [-0.2, -0.15) is 0 Å². The Morgan fingerprint density at radius 3 is 2.00 bits per heavy atom. The molecule has 70 valence electrons. The highest BCUT2D eigenvalue weighted by molar-refractivity contribution is 7.89. The van der Waals surface area contributed by atoms with E-state index < -0.39 is 10.0 Å². The Balaban J connectivity index is 1.91. The maximum absolute atomic E-state index is 10.8. The highest BCUT2D eigenvalue weighted by atomic mass is 32.2. The predicted octanol–water partition coefficient (Wildman–Crippen LogP) is 0.711. The zero-order chi connectivity index (χ0) is 8.77. The minimum atomic E-state index is -3.23. The van der Waals surface area contributed by atoms with Crippen LogP contribution < -0.4 is 5.14 Å². The number of primary sulfonamides is 1. The Kier molecular flexibility index (Phi) is 1.92. The third kappa shape index (κ3) is 1.64. The number of rotatable bonds is 2. The van der Waals surface area contributed by atoms with Gasteiger partial charge in [0.2, 0.25) is 10.0 Å². The standard InChI is InChI=1S/C8H15NO2S/c9-12(10,11)5-6-3-7-1-2-8(7)4-6/h6-8H,1-5H2,(H2,9,10,11)/t6?,7-,8+. The van der Waals surface area contributed by atoms with Crippen molar-refractivity contribution in [3.63, 3.8) is 0 Å². The van der Waals surface area contributed by atoms with Gasteiger partial charge in [-0.1, -0.05) is 0 Å². The molecule has 0 radical (unpaired) electrons. The first-order valence-corrected chi connectivity index (χ1v) is 6.26. The summed E-state index contributed by atoms with van der Waals surface area (Å²) in [7, 11) is -3.23. The fourth-order valence-electron chi connectivity index (χ4n) is 2.68. The average Bonchev–Trinajstić information content (AvgIpc) is 2.10. The predicted molar refractivity (Wildman–Crippen MR) is 46.9 cm³/mol. The number of hydrogen-bond donors (Lipinski definition) is 1. The van der Waals surface area contributed by atoms with Gasteiger partial charge in [0, 0.05) is 0 Å². The van der Waals surface area contributed by atoms with Crippen molar-refractivity contribution < 1.29 is 8.42 Å². The van der Waals surface area contributed by atoms with E-state index in [1.165, 1.54) is 12.8 Å². The van der Waals surface area contributed by atoms with Crippen molar-refractivity contribution in [3.8, 4) is 0 Å². The maximum atomic E-state index is 10.8. The maximum Gasteiger partial charge on any atom is 0.209 e. The average molecular weight is 189 g/mol. The van der Waals surface area contributed by atoms with E-state index in [-0.39, 0.29) is 5.75 Å². The fraction of sp³-hybridized carbons (Fsp3) is 1.00. The van der Waals surface area contributed by atoms with Gasteiger partial charge in [-0.25, -0.2) is 13.6 Å². The van der Waals surface area contributed by atoms with E-state index in [1.54, 1.807) is 0 Å². The summed E-state index contributed by atoms with van der Waals surface area (Å²) < 4.78 is 21.6. The Bertz CT molecular complexity index is 261. The van der Waals surface area contributed by atoms with Crippen molar-refractivity contribution in [1.29, 1.82) is 0 Å².